The molecule has 1 unspecified atom stereocenters. The van der Waals surface area contributed by atoms with Crippen LogP contribution in [0.3, 0.4) is 0 Å². The molecular formula is C28H34N9O5P. The number of rotatable bonds is 13. The summed E-state index contributed by atoms with van der Waals surface area (Å²) in [6, 6.07) is 14.7. The van der Waals surface area contributed by atoms with Crippen LogP contribution in [0, 0.1) is 0 Å². The lowest BCUT2D eigenvalue weighted by atomic mass is 10.2. The topological polar surface area (TPSA) is 201 Å². The minimum absolute atomic E-state index is 0.0306. The number of nitrogens with zero attached hydrogens (tertiary/aromatic N) is 5. The van der Waals surface area contributed by atoms with E-state index in [2.05, 4.69) is 30.3 Å². The summed E-state index contributed by atoms with van der Waals surface area (Å²) < 4.78 is 24.4. The first-order chi connectivity index (χ1) is 20.6. The number of hydrogen-bond donors (Lipinski definition) is 4. The fourth-order valence-corrected chi connectivity index (χ4v) is 5.92. The first-order valence-electron chi connectivity index (χ1n) is 13.5. The molecule has 1 amide bonds. The number of carbonyl (C=O) groups excluding carboxylic acids is 2. The molecule has 0 saturated carbocycles. The molecule has 2 aromatic carbocycles. The van der Waals surface area contributed by atoms with E-state index in [1.807, 2.05) is 11.9 Å². The maximum Gasteiger partial charge on any atom is 0.323 e. The third kappa shape index (κ3) is 8.37. The summed E-state index contributed by atoms with van der Waals surface area (Å²) in [6.07, 6.45) is 1.53. The number of amides is 1. The van der Waals surface area contributed by atoms with Gasteiger partial charge in [0.05, 0.1) is 31.2 Å². The molecule has 0 aliphatic rings. The molecule has 2 atom stereocenters. The number of esters is 1. The third-order valence-corrected chi connectivity index (χ3v) is 8.29. The van der Waals surface area contributed by atoms with E-state index in [-0.39, 0.29) is 37.0 Å². The molecule has 4 rings (SSSR count). The molecule has 14 nitrogen and oxygen atoms in total. The summed E-state index contributed by atoms with van der Waals surface area (Å²) in [6.45, 7) is 3.87. The van der Waals surface area contributed by atoms with Crippen molar-refractivity contribution in [3.8, 4) is 5.75 Å². The van der Waals surface area contributed by atoms with Crippen LogP contribution >= 0.6 is 7.52 Å². The number of fused-ring (bicyclic) bond motifs is 1. The highest BCUT2D eigenvalue weighted by Crippen LogP contribution is 2.43. The summed E-state index contributed by atoms with van der Waals surface area (Å²) in [5.41, 5.74) is 14.1. The zero-order valence-electron chi connectivity index (χ0n) is 24.1. The van der Waals surface area contributed by atoms with Gasteiger partial charge in [0.1, 0.15) is 11.8 Å². The number of nitrogen functional groups attached to an aromatic ring is 2. The van der Waals surface area contributed by atoms with Gasteiger partial charge < -0.3 is 30.9 Å². The third-order valence-electron chi connectivity index (χ3n) is 6.19. The Morgan fingerprint density at radius 2 is 1.77 bits per heavy atom. The second-order valence-electron chi connectivity index (χ2n) is 9.56. The van der Waals surface area contributed by atoms with Crippen molar-refractivity contribution < 1.29 is 23.4 Å². The summed E-state index contributed by atoms with van der Waals surface area (Å²) in [5.74, 6) is -0.347. The number of carbonyl (C=O) groups is 2. The van der Waals surface area contributed by atoms with Crippen molar-refractivity contribution in [3.63, 3.8) is 0 Å². The zero-order valence-corrected chi connectivity index (χ0v) is 25.0. The minimum Gasteiger partial charge on any atom is -0.465 e. The maximum absolute atomic E-state index is 13.7. The molecule has 0 fully saturated rings. The van der Waals surface area contributed by atoms with E-state index in [1.165, 1.54) is 0 Å². The molecule has 226 valence electrons. The lowest BCUT2D eigenvalue weighted by Gasteiger charge is -2.23. The number of benzene rings is 2. The van der Waals surface area contributed by atoms with Gasteiger partial charge in [-0.2, -0.15) is 9.97 Å². The van der Waals surface area contributed by atoms with Gasteiger partial charge in [0.15, 0.2) is 17.0 Å². The predicted molar refractivity (Wildman–Crippen MR) is 164 cm³/mol. The second-order valence-corrected chi connectivity index (χ2v) is 11.8. The largest absolute Gasteiger partial charge is 0.465 e. The fourth-order valence-electron chi connectivity index (χ4n) is 4.08. The van der Waals surface area contributed by atoms with Crippen LogP contribution in [0.4, 0.5) is 17.5 Å². The van der Waals surface area contributed by atoms with Crippen LogP contribution in [-0.2, 0) is 20.6 Å². The van der Waals surface area contributed by atoms with Crippen LogP contribution in [0.1, 0.15) is 29.9 Å². The Balaban J connectivity index is 1.36. The molecule has 6 N–H and O–H groups in total. The Bertz CT molecular complexity index is 1620. The molecule has 15 heteroatoms. The quantitative estimate of drug-likeness (QED) is 0.128. The molecule has 4 aromatic rings. The minimum atomic E-state index is -3.60. The maximum atomic E-state index is 13.7. The van der Waals surface area contributed by atoms with Crippen LogP contribution < -0.4 is 31.3 Å². The summed E-state index contributed by atoms with van der Waals surface area (Å²) in [7, 11) is -1.73. The highest BCUT2D eigenvalue weighted by Gasteiger charge is 2.30. The molecule has 2 aromatic heterocycles. The van der Waals surface area contributed by atoms with Crippen molar-refractivity contribution in [2.75, 3.05) is 42.7 Å². The van der Waals surface area contributed by atoms with Gasteiger partial charge in [0.2, 0.25) is 5.95 Å². The lowest BCUT2D eigenvalue weighted by Crippen LogP contribution is -2.37. The highest BCUT2D eigenvalue weighted by atomic mass is 31.2. The van der Waals surface area contributed by atoms with Gasteiger partial charge in [-0.1, -0.05) is 18.2 Å². The predicted octanol–water partition coefficient (Wildman–Crippen LogP) is 2.76. The first-order valence-corrected chi connectivity index (χ1v) is 15.3. The molecule has 0 radical (unpaired) electrons. The lowest BCUT2D eigenvalue weighted by molar-refractivity contribution is -0.144. The smallest absolute Gasteiger partial charge is 0.323 e. The molecule has 0 aliphatic heterocycles. The van der Waals surface area contributed by atoms with E-state index < -0.39 is 19.5 Å². The van der Waals surface area contributed by atoms with Gasteiger partial charge >= 0.3 is 13.5 Å². The Hall–Kier alpha value is -4.81. The Morgan fingerprint density at radius 3 is 2.47 bits per heavy atom. The number of nitrogens with two attached hydrogens (primary N) is 2. The van der Waals surface area contributed by atoms with Gasteiger partial charge in [-0.25, -0.2) is 15.1 Å². The van der Waals surface area contributed by atoms with Crippen LogP contribution in [-0.4, -0.2) is 64.2 Å². The summed E-state index contributed by atoms with van der Waals surface area (Å²) in [5, 5.41) is 5.54. The van der Waals surface area contributed by atoms with Crippen molar-refractivity contribution in [1.82, 2.24) is 30.3 Å². The molecule has 43 heavy (non-hydrogen) atoms. The van der Waals surface area contributed by atoms with Gasteiger partial charge in [0, 0.05) is 24.8 Å². The van der Waals surface area contributed by atoms with E-state index in [1.54, 1.807) is 74.6 Å². The number of anilines is 3. The molecule has 0 spiro atoms. The van der Waals surface area contributed by atoms with Crippen LogP contribution in [0.25, 0.3) is 11.2 Å². The number of aromatic nitrogens is 4. The summed E-state index contributed by atoms with van der Waals surface area (Å²) >= 11 is 0. The Kier molecular flexibility index (Phi) is 10.1. The fraction of sp³-hybridized carbons (Fsp3) is 0.286. The summed E-state index contributed by atoms with van der Waals surface area (Å²) in [4.78, 5) is 43.7. The van der Waals surface area contributed by atoms with Crippen LogP contribution in [0.15, 0.2) is 60.8 Å². The monoisotopic (exact) mass is 607 g/mol. The van der Waals surface area contributed by atoms with Gasteiger partial charge in [-0.05, 0) is 50.2 Å². The Morgan fingerprint density at radius 1 is 1.05 bits per heavy atom. The normalized spacial score (nSPS) is 13.1. The van der Waals surface area contributed by atoms with Crippen molar-refractivity contribution in [3.05, 3.63) is 72.1 Å². The van der Waals surface area contributed by atoms with Crippen molar-refractivity contribution in [2.24, 2.45) is 0 Å². The van der Waals surface area contributed by atoms with E-state index in [0.29, 0.717) is 34.7 Å². The number of para-hydroxylation sites is 1. The van der Waals surface area contributed by atoms with Gasteiger partial charge in [-0.15, -0.1) is 0 Å². The van der Waals surface area contributed by atoms with E-state index >= 15 is 0 Å². The van der Waals surface area contributed by atoms with Crippen molar-refractivity contribution in [2.45, 2.75) is 26.4 Å². The van der Waals surface area contributed by atoms with Gasteiger partial charge in [0.25, 0.3) is 5.91 Å². The SMILES string of the molecule is CCOC(=O)[C@H](C)NP(=O)(CCNC(=O)c1ccc(N(C)Cc2cnc3nc(N)nc(N)c3n2)cc1)Oc1ccccc1. The van der Waals surface area contributed by atoms with E-state index in [4.69, 9.17) is 20.7 Å². The van der Waals surface area contributed by atoms with Crippen LogP contribution in [0.5, 0.6) is 5.75 Å². The van der Waals surface area contributed by atoms with Gasteiger partial charge in [-0.3, -0.25) is 14.2 Å². The average molecular weight is 608 g/mol. The average Bonchev–Trinajstić information content (AvgIpc) is 2.98. The highest BCUT2D eigenvalue weighted by molar-refractivity contribution is 7.57. The van der Waals surface area contributed by atoms with Crippen LogP contribution in [0.2, 0.25) is 0 Å². The number of hydrogen-bond acceptors (Lipinski definition) is 12. The van der Waals surface area contributed by atoms with Crippen molar-refractivity contribution in [1.29, 1.82) is 0 Å². The number of ether oxygens (including phenoxy) is 1. The molecule has 0 bridgehead atoms. The second kappa shape index (κ2) is 13.9. The molecule has 0 aliphatic carbocycles. The zero-order chi connectivity index (χ0) is 31.0. The van der Waals surface area contributed by atoms with E-state index in [9.17, 15) is 14.2 Å². The standard InChI is InChI=1S/C28H34N9O5P/c1-4-41-27(39)18(2)36-43(40,42-22-8-6-5-7-9-22)15-14-31-26(38)19-10-12-21(13-11-19)37(3)17-20-16-32-25-23(33-20)24(29)34-28(30)35-25/h5-13,16,18H,4,14-15,17H2,1-3H3,(H,31,38)(H,36,40)(H4,29,30,32,34,35)/t18-,43?/m0/s1. The Labute approximate surface area is 248 Å². The number of nitrogens with one attached hydrogen (secondary N) is 2. The first kappa shape index (κ1) is 31.1. The molecule has 2 heterocycles. The molecular weight excluding hydrogens is 573 g/mol. The molecule has 0 saturated heterocycles. The van der Waals surface area contributed by atoms with Crippen molar-refractivity contribution >= 4 is 48.0 Å². The van der Waals surface area contributed by atoms with E-state index in [0.717, 1.165) is 5.69 Å².